The molecule has 3 N–H and O–H groups in total. The molecule has 0 heterocycles. The number of ether oxygens (including phenoxy) is 1. The van der Waals surface area contributed by atoms with Crippen molar-refractivity contribution in [2.45, 2.75) is 31.7 Å². The minimum Gasteiger partial charge on any atom is -0.504 e. The molecule has 1 fully saturated rings. The van der Waals surface area contributed by atoms with Crippen molar-refractivity contribution in [1.82, 2.24) is 0 Å². The minimum atomic E-state index is -0.0717. The van der Waals surface area contributed by atoms with Gasteiger partial charge in [-0.1, -0.05) is 25.0 Å². The van der Waals surface area contributed by atoms with E-state index in [2.05, 4.69) is 0 Å². The molecule has 1 aromatic carbocycles. The Bertz CT molecular complexity index is 364. The zero-order valence-electron chi connectivity index (χ0n) is 10.1. The Hall–Kier alpha value is -0.930. The van der Waals surface area contributed by atoms with Crippen molar-refractivity contribution in [3.63, 3.8) is 0 Å². The van der Waals surface area contributed by atoms with Gasteiger partial charge in [-0.2, -0.15) is 0 Å². The Kier molecular flexibility index (Phi) is 5.09. The number of benzene rings is 1. The third-order valence-corrected chi connectivity index (χ3v) is 3.52. The van der Waals surface area contributed by atoms with Crippen molar-refractivity contribution in [3.05, 3.63) is 23.8 Å². The van der Waals surface area contributed by atoms with Crippen LogP contribution in [0.3, 0.4) is 0 Å². The summed E-state index contributed by atoms with van der Waals surface area (Å²) < 4.78 is 5.09. The van der Waals surface area contributed by atoms with Crippen molar-refractivity contribution in [3.8, 4) is 11.5 Å². The highest BCUT2D eigenvalue weighted by Crippen LogP contribution is 2.40. The van der Waals surface area contributed by atoms with E-state index in [4.69, 9.17) is 10.5 Å². The van der Waals surface area contributed by atoms with E-state index in [0.29, 0.717) is 11.7 Å². The van der Waals surface area contributed by atoms with Crippen LogP contribution in [0.25, 0.3) is 0 Å². The number of halogens is 1. The van der Waals surface area contributed by atoms with E-state index in [1.165, 1.54) is 12.8 Å². The van der Waals surface area contributed by atoms with Gasteiger partial charge in [0.25, 0.3) is 0 Å². The van der Waals surface area contributed by atoms with E-state index in [0.717, 1.165) is 18.4 Å². The molecule has 1 aliphatic rings. The van der Waals surface area contributed by atoms with Crippen LogP contribution in [0, 0.1) is 5.92 Å². The van der Waals surface area contributed by atoms with Gasteiger partial charge in [-0.3, -0.25) is 0 Å². The quantitative estimate of drug-likeness (QED) is 0.875. The maximum Gasteiger partial charge on any atom is 0.162 e. The second-order valence-electron chi connectivity index (χ2n) is 4.47. The maximum atomic E-state index is 10.0. The number of rotatable bonds is 3. The molecule has 0 radical (unpaired) electrons. The first-order valence-electron chi connectivity index (χ1n) is 5.85. The molecule has 0 saturated heterocycles. The molecule has 4 heteroatoms. The van der Waals surface area contributed by atoms with Gasteiger partial charge in [0.05, 0.1) is 7.11 Å². The molecule has 0 amide bonds. The van der Waals surface area contributed by atoms with Gasteiger partial charge in [0, 0.05) is 11.6 Å². The summed E-state index contributed by atoms with van der Waals surface area (Å²) >= 11 is 0. The first-order valence-corrected chi connectivity index (χ1v) is 5.85. The number of phenolic OH excluding ortho intramolecular Hbond substituents is 1. The van der Waals surface area contributed by atoms with Crippen LogP contribution in [-0.2, 0) is 0 Å². The smallest absolute Gasteiger partial charge is 0.162 e. The third-order valence-electron chi connectivity index (χ3n) is 3.52. The summed E-state index contributed by atoms with van der Waals surface area (Å²) in [6, 6.07) is 5.45. The number of methoxy groups -OCH3 is 1. The van der Waals surface area contributed by atoms with Gasteiger partial charge < -0.3 is 15.6 Å². The van der Waals surface area contributed by atoms with Crippen molar-refractivity contribution in [2.75, 3.05) is 7.11 Å². The van der Waals surface area contributed by atoms with Gasteiger partial charge in [0.1, 0.15) is 0 Å². The van der Waals surface area contributed by atoms with Gasteiger partial charge in [0.15, 0.2) is 11.5 Å². The van der Waals surface area contributed by atoms with Gasteiger partial charge in [-0.05, 0) is 24.8 Å². The first kappa shape index (κ1) is 14.1. The van der Waals surface area contributed by atoms with Crippen LogP contribution in [0.5, 0.6) is 11.5 Å². The highest BCUT2D eigenvalue weighted by atomic mass is 35.5. The van der Waals surface area contributed by atoms with Gasteiger partial charge >= 0.3 is 0 Å². The summed E-state index contributed by atoms with van der Waals surface area (Å²) in [5.41, 5.74) is 7.02. The lowest BCUT2D eigenvalue weighted by atomic mass is 9.92. The van der Waals surface area contributed by atoms with Gasteiger partial charge in [-0.15, -0.1) is 12.4 Å². The zero-order valence-corrected chi connectivity index (χ0v) is 10.9. The molecule has 0 spiro atoms. The molecular formula is C13H20ClNO2. The van der Waals surface area contributed by atoms with E-state index in [1.54, 1.807) is 13.2 Å². The number of nitrogens with two attached hydrogens (primary N) is 1. The fourth-order valence-corrected chi connectivity index (χ4v) is 2.54. The number of para-hydroxylation sites is 1. The highest BCUT2D eigenvalue weighted by molar-refractivity contribution is 5.85. The predicted octanol–water partition coefficient (Wildman–Crippen LogP) is 3.01. The van der Waals surface area contributed by atoms with E-state index in [1.807, 2.05) is 12.1 Å². The van der Waals surface area contributed by atoms with Crippen LogP contribution in [0.1, 0.15) is 37.3 Å². The Balaban J connectivity index is 0.00000144. The monoisotopic (exact) mass is 257 g/mol. The Labute approximate surface area is 108 Å². The Morgan fingerprint density at radius 2 is 2.00 bits per heavy atom. The van der Waals surface area contributed by atoms with E-state index in [9.17, 15) is 5.11 Å². The molecule has 2 rings (SSSR count). The van der Waals surface area contributed by atoms with E-state index in [-0.39, 0.29) is 24.2 Å². The molecule has 1 atom stereocenters. The summed E-state index contributed by atoms with van der Waals surface area (Å²) in [7, 11) is 1.56. The average molecular weight is 258 g/mol. The van der Waals surface area contributed by atoms with Crippen LogP contribution in [-0.4, -0.2) is 12.2 Å². The van der Waals surface area contributed by atoms with Crippen LogP contribution in [0.15, 0.2) is 18.2 Å². The lowest BCUT2D eigenvalue weighted by Gasteiger charge is -2.21. The SMILES string of the molecule is COc1cccc([C@H](N)C2CCCC2)c1O.Cl. The molecular weight excluding hydrogens is 238 g/mol. The zero-order chi connectivity index (χ0) is 11.5. The summed E-state index contributed by atoms with van der Waals surface area (Å²) in [6.45, 7) is 0. The van der Waals surface area contributed by atoms with Gasteiger partial charge in [0.2, 0.25) is 0 Å². The number of hydrogen-bond donors (Lipinski definition) is 2. The molecule has 1 saturated carbocycles. The van der Waals surface area contributed by atoms with Crippen molar-refractivity contribution >= 4 is 12.4 Å². The van der Waals surface area contributed by atoms with Crippen molar-refractivity contribution in [2.24, 2.45) is 11.7 Å². The van der Waals surface area contributed by atoms with Crippen LogP contribution in [0.2, 0.25) is 0 Å². The average Bonchev–Trinajstić information content (AvgIpc) is 2.82. The van der Waals surface area contributed by atoms with Crippen LogP contribution in [0.4, 0.5) is 0 Å². The molecule has 1 aromatic rings. The number of hydrogen-bond acceptors (Lipinski definition) is 3. The fraction of sp³-hybridized carbons (Fsp3) is 0.538. The Morgan fingerprint density at radius 3 is 2.59 bits per heavy atom. The van der Waals surface area contributed by atoms with Crippen molar-refractivity contribution < 1.29 is 9.84 Å². The first-order chi connectivity index (χ1) is 7.74. The minimum absolute atomic E-state index is 0. The standard InChI is InChI=1S/C13H19NO2.ClH/c1-16-11-8-4-7-10(13(11)15)12(14)9-5-2-3-6-9;/h4,7-9,12,15H,2-3,5-6,14H2,1H3;1H/t12-;/m1./s1. The van der Waals surface area contributed by atoms with E-state index >= 15 is 0 Å². The molecule has 0 aliphatic heterocycles. The molecule has 3 nitrogen and oxygen atoms in total. The van der Waals surface area contributed by atoms with E-state index < -0.39 is 0 Å². The van der Waals surface area contributed by atoms with Crippen LogP contribution < -0.4 is 10.5 Å². The normalized spacial score (nSPS) is 17.5. The Morgan fingerprint density at radius 1 is 1.35 bits per heavy atom. The predicted molar refractivity (Wildman–Crippen MR) is 70.8 cm³/mol. The topological polar surface area (TPSA) is 55.5 Å². The maximum absolute atomic E-state index is 10.0. The summed E-state index contributed by atoms with van der Waals surface area (Å²) in [5.74, 6) is 1.20. The van der Waals surface area contributed by atoms with Gasteiger partial charge in [-0.25, -0.2) is 0 Å². The lowest BCUT2D eigenvalue weighted by molar-refractivity contribution is 0.360. The fourth-order valence-electron chi connectivity index (χ4n) is 2.54. The molecule has 1 aliphatic carbocycles. The molecule has 0 aromatic heterocycles. The molecule has 17 heavy (non-hydrogen) atoms. The summed E-state index contributed by atoms with van der Waals surface area (Å²) in [6.07, 6.45) is 4.84. The van der Waals surface area contributed by atoms with Crippen LogP contribution >= 0.6 is 12.4 Å². The second kappa shape index (κ2) is 6.12. The largest absolute Gasteiger partial charge is 0.504 e. The molecule has 0 bridgehead atoms. The third kappa shape index (κ3) is 2.85. The molecule has 0 unspecified atom stereocenters. The lowest BCUT2D eigenvalue weighted by Crippen LogP contribution is -2.19. The number of phenols is 1. The molecule has 96 valence electrons. The highest BCUT2D eigenvalue weighted by Gasteiger charge is 2.25. The summed E-state index contributed by atoms with van der Waals surface area (Å²) in [4.78, 5) is 0. The second-order valence-corrected chi connectivity index (χ2v) is 4.47. The number of aromatic hydroxyl groups is 1. The summed E-state index contributed by atoms with van der Waals surface area (Å²) in [5, 5.41) is 10.0. The van der Waals surface area contributed by atoms with Crippen molar-refractivity contribution in [1.29, 1.82) is 0 Å².